The van der Waals surface area contributed by atoms with Crippen LogP contribution in [-0.4, -0.2) is 41.6 Å². The molecule has 0 aliphatic heterocycles. The number of carbonyl (C=O) groups excluding carboxylic acids is 1. The van der Waals surface area contributed by atoms with E-state index < -0.39 is 5.97 Å². The molecule has 98 valence electrons. The van der Waals surface area contributed by atoms with Crippen molar-refractivity contribution in [1.29, 1.82) is 0 Å². The summed E-state index contributed by atoms with van der Waals surface area (Å²) < 4.78 is 5.33. The van der Waals surface area contributed by atoms with Crippen LogP contribution in [-0.2, 0) is 9.59 Å². The average Bonchev–Trinajstić information content (AvgIpc) is 2.33. The Morgan fingerprint density at radius 1 is 1.39 bits per heavy atom. The second-order valence-corrected chi connectivity index (χ2v) is 3.91. The lowest BCUT2D eigenvalue weighted by Crippen LogP contribution is -2.38. The summed E-state index contributed by atoms with van der Waals surface area (Å²) in [5.74, 6) is -0.753. The van der Waals surface area contributed by atoms with Gasteiger partial charge in [-0.2, -0.15) is 0 Å². The summed E-state index contributed by atoms with van der Waals surface area (Å²) >= 11 is 0. The number of benzene rings is 1. The van der Waals surface area contributed by atoms with Gasteiger partial charge in [0.05, 0.1) is 0 Å². The van der Waals surface area contributed by atoms with Crippen molar-refractivity contribution in [2.24, 2.45) is 0 Å². The summed E-state index contributed by atoms with van der Waals surface area (Å²) in [6, 6.07) is 7.34. The number of carboxylic acid groups (broad SMARTS) is 1. The third kappa shape index (κ3) is 4.45. The Kier molecular flexibility index (Phi) is 5.17. The highest BCUT2D eigenvalue weighted by Crippen LogP contribution is 2.12. The predicted molar refractivity (Wildman–Crippen MR) is 66.6 cm³/mol. The highest BCUT2D eigenvalue weighted by atomic mass is 16.5. The molecule has 0 spiro atoms. The van der Waals surface area contributed by atoms with Gasteiger partial charge in [0.15, 0.2) is 6.61 Å². The fraction of sp³-hybridized carbons (Fsp3) is 0.385. The van der Waals surface area contributed by atoms with E-state index in [0.29, 0.717) is 12.3 Å². The molecule has 0 saturated heterocycles. The van der Waals surface area contributed by atoms with E-state index in [1.54, 1.807) is 13.0 Å². The number of carboxylic acids is 1. The van der Waals surface area contributed by atoms with Crippen LogP contribution in [0.15, 0.2) is 24.3 Å². The maximum atomic E-state index is 11.7. The highest BCUT2D eigenvalue weighted by molar-refractivity contribution is 5.82. The fourth-order valence-electron chi connectivity index (χ4n) is 1.48. The van der Waals surface area contributed by atoms with E-state index in [4.69, 9.17) is 9.84 Å². The molecule has 18 heavy (non-hydrogen) atoms. The molecule has 1 amide bonds. The summed E-state index contributed by atoms with van der Waals surface area (Å²) in [7, 11) is 0. The standard InChI is InChI=1S/C13H17NO4/c1-3-14(8-13(16)17)12(15)9-18-11-6-4-5-10(2)7-11/h4-7H,3,8-9H2,1-2H3,(H,16,17). The molecule has 0 unspecified atom stereocenters. The number of nitrogens with zero attached hydrogens (tertiary/aromatic N) is 1. The molecule has 1 aromatic carbocycles. The minimum atomic E-state index is -1.03. The van der Waals surface area contributed by atoms with Crippen LogP contribution in [0.25, 0.3) is 0 Å². The van der Waals surface area contributed by atoms with Gasteiger partial charge in [0.25, 0.3) is 5.91 Å². The van der Waals surface area contributed by atoms with Gasteiger partial charge >= 0.3 is 5.97 Å². The van der Waals surface area contributed by atoms with Crippen molar-refractivity contribution in [2.75, 3.05) is 19.7 Å². The Labute approximate surface area is 106 Å². The van der Waals surface area contributed by atoms with Crippen LogP contribution in [0.4, 0.5) is 0 Å². The van der Waals surface area contributed by atoms with Gasteiger partial charge in [-0.1, -0.05) is 12.1 Å². The van der Waals surface area contributed by atoms with Gasteiger partial charge in [-0.25, -0.2) is 0 Å². The van der Waals surface area contributed by atoms with Gasteiger partial charge in [-0.3, -0.25) is 9.59 Å². The lowest BCUT2D eigenvalue weighted by molar-refractivity contribution is -0.145. The molecule has 1 rings (SSSR count). The fourth-order valence-corrected chi connectivity index (χ4v) is 1.48. The molecule has 0 aliphatic rings. The van der Waals surface area contributed by atoms with Gasteiger partial charge in [0, 0.05) is 6.54 Å². The lowest BCUT2D eigenvalue weighted by atomic mass is 10.2. The molecule has 5 heteroatoms. The van der Waals surface area contributed by atoms with E-state index in [9.17, 15) is 9.59 Å². The monoisotopic (exact) mass is 251 g/mol. The molecule has 0 saturated carbocycles. The maximum Gasteiger partial charge on any atom is 0.323 e. The van der Waals surface area contributed by atoms with Gasteiger partial charge < -0.3 is 14.7 Å². The molecular formula is C13H17NO4. The maximum absolute atomic E-state index is 11.7. The number of hydrogen-bond acceptors (Lipinski definition) is 3. The summed E-state index contributed by atoms with van der Waals surface area (Å²) in [5.41, 5.74) is 1.04. The van der Waals surface area contributed by atoms with Crippen molar-refractivity contribution in [2.45, 2.75) is 13.8 Å². The zero-order chi connectivity index (χ0) is 13.5. The molecule has 0 heterocycles. The first-order valence-electron chi connectivity index (χ1n) is 5.72. The first-order chi connectivity index (χ1) is 8.52. The van der Waals surface area contributed by atoms with Crippen molar-refractivity contribution < 1.29 is 19.4 Å². The molecular weight excluding hydrogens is 234 g/mol. The van der Waals surface area contributed by atoms with Gasteiger partial charge in [-0.05, 0) is 31.5 Å². The quantitative estimate of drug-likeness (QED) is 0.827. The Balaban J connectivity index is 2.51. The van der Waals surface area contributed by atoms with Gasteiger partial charge in [0.1, 0.15) is 12.3 Å². The first-order valence-corrected chi connectivity index (χ1v) is 5.72. The minimum Gasteiger partial charge on any atom is -0.484 e. The van der Waals surface area contributed by atoms with Crippen molar-refractivity contribution in [3.63, 3.8) is 0 Å². The van der Waals surface area contributed by atoms with Crippen LogP contribution >= 0.6 is 0 Å². The summed E-state index contributed by atoms with van der Waals surface area (Å²) in [5, 5.41) is 8.65. The second-order valence-electron chi connectivity index (χ2n) is 3.91. The van der Waals surface area contributed by atoms with Gasteiger partial charge in [-0.15, -0.1) is 0 Å². The number of likely N-dealkylation sites (N-methyl/N-ethyl adjacent to an activating group) is 1. The van der Waals surface area contributed by atoms with Crippen LogP contribution in [0, 0.1) is 6.92 Å². The zero-order valence-corrected chi connectivity index (χ0v) is 10.5. The molecule has 1 aromatic rings. The van der Waals surface area contributed by atoms with E-state index in [2.05, 4.69) is 0 Å². The number of carbonyl (C=O) groups is 2. The van der Waals surface area contributed by atoms with E-state index >= 15 is 0 Å². The molecule has 1 N–H and O–H groups in total. The molecule has 0 aliphatic carbocycles. The third-order valence-corrected chi connectivity index (χ3v) is 2.41. The number of ether oxygens (including phenoxy) is 1. The predicted octanol–water partition coefficient (Wildman–Crippen LogP) is 1.31. The van der Waals surface area contributed by atoms with E-state index in [-0.39, 0.29) is 19.1 Å². The Morgan fingerprint density at radius 2 is 2.11 bits per heavy atom. The van der Waals surface area contributed by atoms with Crippen molar-refractivity contribution in [3.05, 3.63) is 29.8 Å². The van der Waals surface area contributed by atoms with Crippen LogP contribution in [0.1, 0.15) is 12.5 Å². The number of rotatable bonds is 6. The summed E-state index contributed by atoms with van der Waals surface area (Å²) in [4.78, 5) is 23.5. The summed E-state index contributed by atoms with van der Waals surface area (Å²) in [6.07, 6.45) is 0. The molecule has 0 radical (unpaired) electrons. The normalized spacial score (nSPS) is 9.89. The molecule has 5 nitrogen and oxygen atoms in total. The van der Waals surface area contributed by atoms with Crippen molar-refractivity contribution in [1.82, 2.24) is 4.90 Å². The van der Waals surface area contributed by atoms with Gasteiger partial charge in [0.2, 0.25) is 0 Å². The average molecular weight is 251 g/mol. The molecule has 0 atom stereocenters. The van der Waals surface area contributed by atoms with Crippen molar-refractivity contribution in [3.8, 4) is 5.75 Å². The summed E-state index contributed by atoms with van der Waals surface area (Å²) in [6.45, 7) is 3.56. The van der Waals surface area contributed by atoms with Crippen LogP contribution in [0.2, 0.25) is 0 Å². The Morgan fingerprint density at radius 3 is 2.67 bits per heavy atom. The van der Waals surface area contributed by atoms with Crippen LogP contribution in [0.5, 0.6) is 5.75 Å². The minimum absolute atomic E-state index is 0.148. The number of hydrogen-bond donors (Lipinski definition) is 1. The largest absolute Gasteiger partial charge is 0.484 e. The van der Waals surface area contributed by atoms with E-state index in [0.717, 1.165) is 5.56 Å². The van der Waals surface area contributed by atoms with E-state index in [1.165, 1.54) is 4.90 Å². The van der Waals surface area contributed by atoms with E-state index in [1.807, 2.05) is 25.1 Å². The Bertz CT molecular complexity index is 431. The highest BCUT2D eigenvalue weighted by Gasteiger charge is 2.15. The number of amides is 1. The van der Waals surface area contributed by atoms with Crippen LogP contribution < -0.4 is 4.74 Å². The molecule has 0 bridgehead atoms. The second kappa shape index (κ2) is 6.64. The van der Waals surface area contributed by atoms with Crippen molar-refractivity contribution >= 4 is 11.9 Å². The molecule has 0 aromatic heterocycles. The topological polar surface area (TPSA) is 66.8 Å². The first kappa shape index (κ1) is 14.0. The smallest absolute Gasteiger partial charge is 0.323 e. The van der Waals surface area contributed by atoms with Crippen LogP contribution in [0.3, 0.4) is 0 Å². The lowest BCUT2D eigenvalue weighted by Gasteiger charge is -2.18. The number of aryl methyl sites for hydroxylation is 1. The SMILES string of the molecule is CCN(CC(=O)O)C(=O)COc1cccc(C)c1. The number of aliphatic carboxylic acids is 1. The Hall–Kier alpha value is -2.04. The molecule has 0 fully saturated rings. The third-order valence-electron chi connectivity index (χ3n) is 2.41. The zero-order valence-electron chi connectivity index (χ0n) is 10.5.